The second kappa shape index (κ2) is 35.4. The van der Waals surface area contributed by atoms with Gasteiger partial charge in [-0.1, -0.05) is 69.2 Å². The molecule has 0 aromatic rings. The molecule has 21 heterocycles. The van der Waals surface area contributed by atoms with Gasteiger partial charge in [-0.3, -0.25) is 43.2 Å². The first-order valence-corrected chi connectivity index (χ1v) is 44.7. The van der Waals surface area contributed by atoms with E-state index in [4.69, 9.17) is 111 Å². The van der Waals surface area contributed by atoms with E-state index in [1.54, 1.807) is 6.92 Å². The van der Waals surface area contributed by atoms with Crippen LogP contribution in [0, 0.1) is 126 Å². The molecule has 21 aliphatic heterocycles. The molecular weight excluding hydrogens is 1650 g/mol. The predicted molar refractivity (Wildman–Crippen MR) is 418 cm³/mol. The smallest absolute Gasteiger partial charge is 0.325 e. The van der Waals surface area contributed by atoms with Crippen molar-refractivity contribution in [1.82, 2.24) is 10.2 Å². The summed E-state index contributed by atoms with van der Waals surface area (Å²) in [6, 6.07) is 0. The molecule has 21 saturated heterocycles. The Labute approximate surface area is 731 Å². The maximum Gasteiger partial charge on any atom is 0.325 e. The van der Waals surface area contributed by atoms with Crippen molar-refractivity contribution in [3.8, 4) is 0 Å². The van der Waals surface area contributed by atoms with Crippen molar-refractivity contribution in [2.24, 2.45) is 128 Å². The molecule has 691 valence electrons. The third-order valence-corrected chi connectivity index (χ3v) is 32.6. The van der Waals surface area contributed by atoms with Gasteiger partial charge in [0, 0.05) is 122 Å². The van der Waals surface area contributed by atoms with Gasteiger partial charge in [0.15, 0.2) is 65.8 Å². The van der Waals surface area contributed by atoms with Crippen LogP contribution in [0.4, 0.5) is 0 Å². The number of rotatable bonds is 10. The van der Waals surface area contributed by atoms with Gasteiger partial charge in [0.1, 0.15) is 6.54 Å². The molecule has 5 aliphatic carbocycles. The number of esters is 2. The summed E-state index contributed by atoms with van der Waals surface area (Å²) in [5, 5.41) is 12.1. The van der Waals surface area contributed by atoms with Gasteiger partial charge in [0.25, 0.3) is 25.3 Å². The number of hydrogen-bond donors (Lipinski definition) is 2. The first-order valence-electron chi connectivity index (χ1n) is 44.7. The number of fused-ring (bicyclic) bond motifs is 10. The van der Waals surface area contributed by atoms with Crippen molar-refractivity contribution in [3.63, 3.8) is 0 Å². The van der Waals surface area contributed by atoms with Crippen molar-refractivity contribution in [2.75, 3.05) is 33.2 Å². The van der Waals surface area contributed by atoms with Gasteiger partial charge in [-0.05, 0) is 179 Å². The molecule has 0 aromatic heterocycles. The quantitative estimate of drug-likeness (QED) is 0.0512. The molecule has 26 aliphatic rings. The summed E-state index contributed by atoms with van der Waals surface area (Å²) in [6.07, 6.45) is 16.2. The molecule has 17 unspecified atom stereocenters. The molecule has 26 fully saturated rings. The van der Waals surface area contributed by atoms with Crippen LogP contribution in [0.3, 0.4) is 0 Å². The van der Waals surface area contributed by atoms with E-state index in [2.05, 4.69) is 68.5 Å². The molecule has 35 nitrogen and oxygen atoms in total. The van der Waals surface area contributed by atoms with E-state index in [0.29, 0.717) is 91.1 Å². The Morgan fingerprint density at radius 1 is 0.439 bits per heavy atom. The number of nitrogens with zero attached hydrogens (tertiary/aromatic N) is 3. The van der Waals surface area contributed by atoms with Gasteiger partial charge < -0.3 is 69.4 Å². The number of carboxylic acid groups (broad SMARTS) is 1. The second-order valence-electron chi connectivity index (χ2n) is 39.5. The molecule has 1 radical (unpaired) electrons. The van der Waals surface area contributed by atoms with Crippen molar-refractivity contribution >= 4 is 55.0 Å². The van der Waals surface area contributed by atoms with Gasteiger partial charge in [0.2, 0.25) is 53.7 Å². The van der Waals surface area contributed by atoms with Gasteiger partial charge in [-0.25, -0.2) is 64.2 Å². The van der Waals surface area contributed by atoms with E-state index in [9.17, 15) is 33.6 Å². The number of likely N-dealkylation sites (tertiary alicyclic amines) is 1. The maximum atomic E-state index is 12.9. The molecule has 2 N–H and O–H groups in total. The largest absolute Gasteiger partial charge is 0.480 e. The topological polar surface area (TPSA) is 392 Å². The number of ether oxygens (including phenoxy) is 13. The molecule has 36 heteroatoms. The van der Waals surface area contributed by atoms with Gasteiger partial charge in [-0.2, -0.15) is 0 Å². The van der Waals surface area contributed by atoms with Crippen LogP contribution in [0.5, 0.6) is 0 Å². The molecule has 5 saturated carbocycles. The SMILES string of the molecule is CCOC=O.C[C@@H]1CCC2[C@@H](C)C(=NCC(=O)O)O[C@@H]3O[C@@]4(C)CCC1C23OO4.C[C@@H]1CCC2[C@@H](C)C(=NCOC=O)O[C@@H]3O[C@@]4(C)CCC1C23OO4.C[C@@H]1CCC2[C@@H](C)C(=O)N(COC=O)C3O[C@@]4(C)CCC1C23OO4.C[C@@H]1CCC2[C@@H](C)C(=O)O[C@@H]3O[C@@]4(C)CCC1C23OO4.C[C@@H]1CCC2[C@@H](C)C3(NCC(=O)O3)O[C@@H]3O[C@@]4(C)CCC1C23OO4.[CH3-].[V]. The standard InChI is InChI=1S/4C17H25NO6.C15H22O5.C3H6O2.CH3.V/c1-9-4-5-12-10(2)17(18-8-13(19)20-17)22-14-16(12)11(9)6-7-15(3,21-14)23-24-16;1-10-4-5-13-11(2)14(18-8-20-9-19)21-15-17(13)12(10)6-7-16(3,22-15)23-24-17;1-10-4-5-13-11(2)14(20)18(8-21-9-19)15-17(13)12(10)6-7-16(3,22-15)23-24-17;1-9-4-5-12-10(2)14(18-8-13(19)20)21-15-17(12)11(9)6-7-16(3,22-15)23-24-17;1-8-4-5-11-9(2)12(16)17-13-15(11)10(8)6-7-14(3,18-13)19-20-15;1-2-5-3-4;;/h9-12,14,18H,4-8H2,1-3H3;2*9-13,15H,4-8H2,1-3H3;9-12,15H,4-8H2,1-3H3,(H,19,20);8-11,13H,4-7H2,1-3H3;3H,2H2,1H3;1H3;/q;;;;;;-1;/t9-,10-,11?,12?,14+,15-,16?,17?;10-,11-,12?,13?,15-,16-,17?;10-,11-,12?,13?,15?,16-,17?;9-,10-,11?,12?,15-,16-,17?;8-,9-,10?,11?,13-,14-,15?;;;/m11111.../s1. The summed E-state index contributed by atoms with van der Waals surface area (Å²) in [5.41, 5.74) is -3.14. The third kappa shape index (κ3) is 15.7. The number of carbonyl (C=O) groups is 7. The minimum absolute atomic E-state index is 0. The zero-order valence-corrected chi connectivity index (χ0v) is 75.7. The fourth-order valence-electron chi connectivity index (χ4n) is 26.1. The normalized spacial score (nSPS) is 51.1. The Morgan fingerprint density at radius 2 is 0.805 bits per heavy atom. The Balaban J connectivity index is 0.000000123. The predicted octanol–water partition coefficient (Wildman–Crippen LogP) is 11.2. The van der Waals surface area contributed by atoms with Crippen LogP contribution in [0.2, 0.25) is 0 Å². The van der Waals surface area contributed by atoms with Crippen LogP contribution < -0.4 is 5.32 Å². The minimum atomic E-state index is -1.12. The maximum absolute atomic E-state index is 12.9. The Kier molecular flexibility index (Phi) is 27.2. The summed E-state index contributed by atoms with van der Waals surface area (Å²) >= 11 is 0. The van der Waals surface area contributed by atoms with Crippen LogP contribution in [0.15, 0.2) is 9.98 Å². The first kappa shape index (κ1) is 94.3. The molecule has 123 heavy (non-hydrogen) atoms. The molecule has 36 atom stereocenters. The third-order valence-electron chi connectivity index (χ3n) is 32.6. The van der Waals surface area contributed by atoms with E-state index in [1.807, 2.05) is 55.4 Å². The van der Waals surface area contributed by atoms with Crippen molar-refractivity contribution in [1.29, 1.82) is 0 Å². The molecule has 0 aromatic carbocycles. The summed E-state index contributed by atoms with van der Waals surface area (Å²) in [4.78, 5) is 147. The molecular formula is C87H131N4O31V-. The van der Waals surface area contributed by atoms with E-state index >= 15 is 0 Å². The monoisotopic (exact) mass is 1780 g/mol. The number of amides is 1. The Bertz CT molecular complexity index is 3930. The average molecular weight is 1780 g/mol. The summed E-state index contributed by atoms with van der Waals surface area (Å²) in [5.74, 6) is -1.33. The zero-order valence-electron chi connectivity index (χ0n) is 74.3. The van der Waals surface area contributed by atoms with Crippen LogP contribution in [-0.4, -0.2) is 192 Å². The van der Waals surface area contributed by atoms with Crippen molar-refractivity contribution < 1.29 is 168 Å². The van der Waals surface area contributed by atoms with Gasteiger partial charge >= 0.3 is 17.9 Å². The zero-order chi connectivity index (χ0) is 86.2. The summed E-state index contributed by atoms with van der Waals surface area (Å²) in [6.45, 7) is 33.9. The molecule has 26 rings (SSSR count). The van der Waals surface area contributed by atoms with E-state index in [0.717, 1.165) is 128 Å². The fraction of sp³-hybridized carbons (Fsp3) is 0.885. The number of piperidine rings is 1. The second-order valence-corrected chi connectivity index (χ2v) is 39.5. The fourth-order valence-corrected chi connectivity index (χ4v) is 26.1. The van der Waals surface area contributed by atoms with E-state index < -0.39 is 100 Å². The van der Waals surface area contributed by atoms with Crippen LogP contribution in [0.1, 0.15) is 239 Å². The average Bonchev–Trinajstić information content (AvgIpc) is 1.55. The number of hydrogen-bond acceptors (Lipinski definition) is 33. The van der Waals surface area contributed by atoms with E-state index in [1.165, 1.54) is 4.90 Å². The number of carboxylic acids is 1. The number of carbonyl (C=O) groups excluding carboxylic acids is 6. The van der Waals surface area contributed by atoms with Gasteiger partial charge in [-0.15, -0.1) is 0 Å². The van der Waals surface area contributed by atoms with Crippen molar-refractivity contribution in [3.05, 3.63) is 7.43 Å². The Hall–Kier alpha value is -4.87. The Morgan fingerprint density at radius 3 is 1.20 bits per heavy atom. The van der Waals surface area contributed by atoms with Crippen LogP contribution in [0.25, 0.3) is 0 Å². The number of aliphatic imine (C=N–C) groups is 2. The number of aliphatic carboxylic acids is 1. The van der Waals surface area contributed by atoms with Crippen LogP contribution >= 0.6 is 0 Å². The van der Waals surface area contributed by atoms with E-state index in [-0.39, 0.29) is 135 Å². The number of nitrogens with one attached hydrogen (secondary N) is 1. The van der Waals surface area contributed by atoms with Crippen molar-refractivity contribution in [2.45, 2.75) is 333 Å². The summed E-state index contributed by atoms with van der Waals surface area (Å²) < 4.78 is 74.3. The minimum Gasteiger partial charge on any atom is -0.480 e. The summed E-state index contributed by atoms with van der Waals surface area (Å²) in [7, 11) is 0. The molecule has 1 amide bonds. The molecule has 6 spiro atoms. The van der Waals surface area contributed by atoms with Gasteiger partial charge in [0.05, 0.1) is 19.1 Å². The van der Waals surface area contributed by atoms with Crippen LogP contribution in [-0.2, 0) is 163 Å². The first-order chi connectivity index (χ1) is 57.5. The molecule has 10 bridgehead atoms.